The van der Waals surface area contributed by atoms with Crippen LogP contribution in [0.1, 0.15) is 12.0 Å². The molecule has 1 fully saturated rings. The monoisotopic (exact) mass is 330 g/mol. The molecule has 0 radical (unpaired) electrons. The lowest BCUT2D eigenvalue weighted by molar-refractivity contribution is -0.132. The molecule has 2 aromatic carbocycles. The maximum Gasteiger partial charge on any atom is 0.239 e. The van der Waals surface area contributed by atoms with Crippen LogP contribution in [0.4, 0.5) is 14.5 Å². The number of nitrogens with one attached hydrogen (secondary N) is 1. The zero-order valence-electron chi connectivity index (χ0n) is 12.8. The summed E-state index contributed by atoms with van der Waals surface area (Å²) in [5, 5.41) is 2.61. The van der Waals surface area contributed by atoms with Crippen LogP contribution >= 0.6 is 0 Å². The number of amides is 2. The van der Waals surface area contributed by atoms with Gasteiger partial charge in [-0.2, -0.15) is 0 Å². The van der Waals surface area contributed by atoms with Gasteiger partial charge in [-0.1, -0.05) is 18.2 Å². The van der Waals surface area contributed by atoms with Crippen LogP contribution in [0.3, 0.4) is 0 Å². The molecule has 0 aromatic heterocycles. The first-order chi connectivity index (χ1) is 11.6. The maximum absolute atomic E-state index is 13.6. The second kappa shape index (κ2) is 6.78. The minimum Gasteiger partial charge on any atom is -0.351 e. The quantitative estimate of drug-likeness (QED) is 0.876. The first-order valence-corrected chi connectivity index (χ1v) is 7.64. The van der Waals surface area contributed by atoms with Crippen molar-refractivity contribution in [2.75, 3.05) is 11.4 Å². The number of rotatable bonds is 4. The van der Waals surface area contributed by atoms with Crippen LogP contribution in [0, 0.1) is 17.6 Å². The molecule has 1 saturated heterocycles. The summed E-state index contributed by atoms with van der Waals surface area (Å²) >= 11 is 0. The van der Waals surface area contributed by atoms with Crippen molar-refractivity contribution in [2.24, 2.45) is 5.92 Å². The summed E-state index contributed by atoms with van der Waals surface area (Å²) in [6.07, 6.45) is 0.374. The van der Waals surface area contributed by atoms with Gasteiger partial charge in [-0.15, -0.1) is 0 Å². The van der Waals surface area contributed by atoms with Gasteiger partial charge in [-0.3, -0.25) is 9.59 Å². The van der Waals surface area contributed by atoms with E-state index in [0.29, 0.717) is 24.2 Å². The molecule has 2 aromatic rings. The van der Waals surface area contributed by atoms with Gasteiger partial charge in [0, 0.05) is 24.3 Å². The van der Waals surface area contributed by atoms with Gasteiger partial charge in [0.15, 0.2) is 0 Å². The molecule has 2 amide bonds. The third-order valence-corrected chi connectivity index (χ3v) is 4.07. The first kappa shape index (κ1) is 16.1. The summed E-state index contributed by atoms with van der Waals surface area (Å²) in [4.78, 5) is 26.1. The Morgan fingerprint density at radius 3 is 2.54 bits per heavy atom. The summed E-state index contributed by atoms with van der Waals surface area (Å²) in [5.74, 6) is -2.34. The van der Waals surface area contributed by atoms with Gasteiger partial charge in [0.2, 0.25) is 11.8 Å². The number of anilines is 1. The van der Waals surface area contributed by atoms with E-state index in [1.54, 1.807) is 18.2 Å². The Bertz CT molecular complexity index is 762. The van der Waals surface area contributed by atoms with Crippen molar-refractivity contribution in [1.82, 2.24) is 5.32 Å². The highest BCUT2D eigenvalue weighted by atomic mass is 19.1. The van der Waals surface area contributed by atoms with E-state index in [1.165, 1.54) is 35.2 Å². The highest BCUT2D eigenvalue weighted by molar-refractivity contribution is 6.09. The molecule has 3 rings (SSSR count). The van der Waals surface area contributed by atoms with Gasteiger partial charge in [-0.05, 0) is 36.8 Å². The van der Waals surface area contributed by atoms with E-state index in [-0.39, 0.29) is 18.3 Å². The molecule has 1 aliphatic rings. The molecule has 4 nitrogen and oxygen atoms in total. The van der Waals surface area contributed by atoms with Crippen LogP contribution in [-0.2, 0) is 16.1 Å². The fraction of sp³-hybridized carbons (Fsp3) is 0.222. The fourth-order valence-electron chi connectivity index (χ4n) is 2.75. The lowest BCUT2D eigenvalue weighted by atomic mass is 10.1. The topological polar surface area (TPSA) is 49.4 Å². The van der Waals surface area contributed by atoms with E-state index in [1.807, 2.05) is 0 Å². The molecule has 1 heterocycles. The molecule has 6 heteroatoms. The third-order valence-electron chi connectivity index (χ3n) is 4.07. The highest BCUT2D eigenvalue weighted by Gasteiger charge is 2.37. The molecule has 0 spiro atoms. The number of hydrogen-bond acceptors (Lipinski definition) is 2. The average Bonchev–Trinajstić information content (AvgIpc) is 2.96. The van der Waals surface area contributed by atoms with E-state index in [0.717, 1.165) is 0 Å². The molecule has 1 atom stereocenters. The van der Waals surface area contributed by atoms with Crippen LogP contribution in [0.25, 0.3) is 0 Å². The molecule has 124 valence electrons. The van der Waals surface area contributed by atoms with E-state index in [4.69, 9.17) is 0 Å². The molecule has 0 saturated carbocycles. The summed E-state index contributed by atoms with van der Waals surface area (Å²) in [6.45, 7) is 0.425. The van der Waals surface area contributed by atoms with Gasteiger partial charge in [-0.25, -0.2) is 8.78 Å². The Kier molecular flexibility index (Phi) is 4.55. The van der Waals surface area contributed by atoms with Gasteiger partial charge in [0.25, 0.3) is 0 Å². The fourth-order valence-corrected chi connectivity index (χ4v) is 2.75. The molecule has 24 heavy (non-hydrogen) atoms. The predicted molar refractivity (Wildman–Crippen MR) is 85.1 cm³/mol. The molecule has 1 N–H and O–H groups in total. The third kappa shape index (κ3) is 3.27. The largest absolute Gasteiger partial charge is 0.351 e. The molecular formula is C18H16F2N2O2. The maximum atomic E-state index is 13.6. The Morgan fingerprint density at radius 2 is 1.83 bits per heavy atom. The molecule has 0 bridgehead atoms. The molecule has 0 unspecified atom stereocenters. The van der Waals surface area contributed by atoms with E-state index >= 15 is 0 Å². The second-order valence-corrected chi connectivity index (χ2v) is 5.62. The second-order valence-electron chi connectivity index (χ2n) is 5.62. The van der Waals surface area contributed by atoms with Crippen molar-refractivity contribution in [2.45, 2.75) is 13.0 Å². The Hall–Kier alpha value is -2.76. The zero-order valence-corrected chi connectivity index (χ0v) is 12.8. The van der Waals surface area contributed by atoms with Crippen molar-refractivity contribution >= 4 is 17.5 Å². The van der Waals surface area contributed by atoms with E-state index in [2.05, 4.69) is 5.32 Å². The van der Waals surface area contributed by atoms with Crippen LogP contribution in [0.2, 0.25) is 0 Å². The van der Waals surface area contributed by atoms with Crippen molar-refractivity contribution in [1.29, 1.82) is 0 Å². The van der Waals surface area contributed by atoms with Crippen molar-refractivity contribution < 1.29 is 18.4 Å². The van der Waals surface area contributed by atoms with Gasteiger partial charge < -0.3 is 10.2 Å². The number of carbonyl (C=O) groups excluding carboxylic acids is 2. The average molecular weight is 330 g/mol. The summed E-state index contributed by atoms with van der Waals surface area (Å²) < 4.78 is 26.5. The number of hydrogen-bond donors (Lipinski definition) is 1. The van der Waals surface area contributed by atoms with Crippen molar-refractivity contribution in [3.63, 3.8) is 0 Å². The minimum absolute atomic E-state index is 0.0336. The van der Waals surface area contributed by atoms with Crippen LogP contribution in [0.15, 0.2) is 48.5 Å². The Morgan fingerprint density at radius 1 is 1.12 bits per heavy atom. The smallest absolute Gasteiger partial charge is 0.239 e. The van der Waals surface area contributed by atoms with Gasteiger partial charge >= 0.3 is 0 Å². The van der Waals surface area contributed by atoms with Crippen molar-refractivity contribution in [3.05, 3.63) is 65.7 Å². The Labute approximate surface area is 138 Å². The SMILES string of the molecule is O=C(NCc1ccccc1F)[C@H]1CCN(c2ccc(F)cc2)C1=O. The lowest BCUT2D eigenvalue weighted by Crippen LogP contribution is -2.36. The number of nitrogens with zero attached hydrogens (tertiary/aromatic N) is 1. The summed E-state index contributed by atoms with van der Waals surface area (Å²) in [5.41, 5.74) is 0.928. The van der Waals surface area contributed by atoms with Gasteiger partial charge in [0.1, 0.15) is 17.6 Å². The zero-order chi connectivity index (χ0) is 17.1. The summed E-state index contributed by atoms with van der Waals surface area (Å²) in [6, 6.07) is 11.7. The standard InChI is InChI=1S/C18H16F2N2O2/c19-13-5-7-14(8-6-13)22-10-9-15(18(22)24)17(23)21-11-12-3-1-2-4-16(12)20/h1-8,15H,9-11H2,(H,21,23)/t15-/m1/s1. The highest BCUT2D eigenvalue weighted by Crippen LogP contribution is 2.25. The van der Waals surface area contributed by atoms with Crippen molar-refractivity contribution in [3.8, 4) is 0 Å². The predicted octanol–water partition coefficient (Wildman–Crippen LogP) is 2.63. The molecular weight excluding hydrogens is 314 g/mol. The lowest BCUT2D eigenvalue weighted by Gasteiger charge is -2.16. The number of carbonyl (C=O) groups is 2. The minimum atomic E-state index is -0.804. The molecule has 1 aliphatic heterocycles. The van der Waals surface area contributed by atoms with Crippen LogP contribution in [-0.4, -0.2) is 18.4 Å². The van der Waals surface area contributed by atoms with Crippen LogP contribution in [0.5, 0.6) is 0 Å². The Balaban J connectivity index is 1.63. The number of benzene rings is 2. The number of halogens is 2. The normalized spacial score (nSPS) is 17.2. The van der Waals surface area contributed by atoms with E-state index in [9.17, 15) is 18.4 Å². The van der Waals surface area contributed by atoms with Crippen LogP contribution < -0.4 is 10.2 Å². The summed E-state index contributed by atoms with van der Waals surface area (Å²) in [7, 11) is 0. The first-order valence-electron chi connectivity index (χ1n) is 7.64. The molecule has 0 aliphatic carbocycles. The van der Waals surface area contributed by atoms with Gasteiger partial charge in [0.05, 0.1) is 0 Å². The van der Waals surface area contributed by atoms with E-state index < -0.39 is 17.6 Å².